The highest BCUT2D eigenvalue weighted by atomic mass is 16.5. The number of carbonyl (C=O) groups excluding carboxylic acids is 2. The number of unbranched alkanes of at least 4 members (excludes halogenated alkanes) is 20. The van der Waals surface area contributed by atoms with E-state index in [1.54, 1.807) is 6.08 Å². The molecule has 1 amide bonds. The summed E-state index contributed by atoms with van der Waals surface area (Å²) in [6.07, 6.45) is 67.9. The maximum atomic E-state index is 13.2. The van der Waals surface area contributed by atoms with Gasteiger partial charge in [0.15, 0.2) is 0 Å². The Balaban J connectivity index is 4.82. The number of aliphatic hydroxyl groups is 2. The minimum absolute atomic E-state index is 0.0741. The number of aliphatic hydroxyl groups excluding tert-OH is 2. The van der Waals surface area contributed by atoms with Gasteiger partial charge in [0, 0.05) is 6.42 Å². The van der Waals surface area contributed by atoms with Gasteiger partial charge in [0.05, 0.1) is 25.2 Å². The fraction of sp³-hybridized carbons (Fsp3) is 0.690. The lowest BCUT2D eigenvalue weighted by Crippen LogP contribution is -2.46. The molecule has 0 heterocycles. The number of hydrogen-bond acceptors (Lipinski definition) is 5. The van der Waals surface area contributed by atoms with Gasteiger partial charge in [0.25, 0.3) is 0 Å². The summed E-state index contributed by atoms with van der Waals surface area (Å²) in [7, 11) is 0. The molecule has 366 valence electrons. The molecule has 3 N–H and O–H groups in total. The average molecular weight is 890 g/mol. The number of allylic oxidation sites excluding steroid dienone is 15. The third-order valence-corrected chi connectivity index (χ3v) is 11.4. The van der Waals surface area contributed by atoms with Crippen LogP contribution in [0.1, 0.15) is 233 Å². The fourth-order valence-electron chi connectivity index (χ4n) is 7.42. The lowest BCUT2D eigenvalue weighted by atomic mass is 10.0. The third kappa shape index (κ3) is 45.4. The molecule has 0 radical (unpaired) electrons. The molecule has 0 aromatic rings. The van der Waals surface area contributed by atoms with Crippen molar-refractivity contribution in [3.8, 4) is 0 Å². The van der Waals surface area contributed by atoms with E-state index in [-0.39, 0.29) is 31.3 Å². The van der Waals surface area contributed by atoms with Crippen molar-refractivity contribution in [2.75, 3.05) is 6.61 Å². The van der Waals surface area contributed by atoms with Crippen LogP contribution < -0.4 is 5.32 Å². The molecule has 0 saturated carbocycles. The second-order valence-electron chi connectivity index (χ2n) is 17.5. The molecular weight excluding hydrogens is 791 g/mol. The van der Waals surface area contributed by atoms with E-state index >= 15 is 0 Å². The topological polar surface area (TPSA) is 95.9 Å². The Bertz CT molecular complexity index is 1270. The van der Waals surface area contributed by atoms with Gasteiger partial charge in [-0.3, -0.25) is 9.59 Å². The summed E-state index contributed by atoms with van der Waals surface area (Å²) in [5.74, 6) is -0.716. The maximum absolute atomic E-state index is 13.2. The first-order valence-corrected chi connectivity index (χ1v) is 26.5. The van der Waals surface area contributed by atoms with Gasteiger partial charge in [-0.25, -0.2) is 0 Å². The van der Waals surface area contributed by atoms with Crippen molar-refractivity contribution in [3.63, 3.8) is 0 Å². The van der Waals surface area contributed by atoms with Crippen LogP contribution in [0.4, 0.5) is 0 Å². The van der Waals surface area contributed by atoms with Crippen molar-refractivity contribution < 1.29 is 24.5 Å². The van der Waals surface area contributed by atoms with Crippen molar-refractivity contribution in [1.82, 2.24) is 5.32 Å². The van der Waals surface area contributed by atoms with Crippen LogP contribution in [0.5, 0.6) is 0 Å². The summed E-state index contributed by atoms with van der Waals surface area (Å²) in [6.45, 7) is 6.31. The highest BCUT2D eigenvalue weighted by Gasteiger charge is 2.23. The minimum atomic E-state index is -0.833. The van der Waals surface area contributed by atoms with E-state index in [1.165, 1.54) is 116 Å². The van der Waals surface area contributed by atoms with Gasteiger partial charge in [-0.1, -0.05) is 240 Å². The van der Waals surface area contributed by atoms with E-state index in [1.807, 2.05) is 12.2 Å². The highest BCUT2D eigenvalue weighted by molar-refractivity contribution is 5.78. The fourth-order valence-corrected chi connectivity index (χ4v) is 7.42. The highest BCUT2D eigenvalue weighted by Crippen LogP contribution is 2.16. The van der Waals surface area contributed by atoms with Crippen LogP contribution in [-0.4, -0.2) is 46.9 Å². The molecule has 0 aliphatic rings. The number of rotatable bonds is 46. The number of ether oxygens (including phenoxy) is 1. The van der Waals surface area contributed by atoms with E-state index < -0.39 is 18.2 Å². The molecule has 6 heteroatoms. The number of carbonyl (C=O) groups is 2. The number of esters is 1. The van der Waals surface area contributed by atoms with E-state index in [4.69, 9.17) is 4.74 Å². The minimum Gasteiger partial charge on any atom is -0.458 e. The first-order chi connectivity index (χ1) is 31.5. The molecule has 6 nitrogen and oxygen atoms in total. The first kappa shape index (κ1) is 60.8. The predicted octanol–water partition coefficient (Wildman–Crippen LogP) is 16.1. The number of amides is 1. The van der Waals surface area contributed by atoms with Crippen molar-refractivity contribution in [2.24, 2.45) is 0 Å². The summed E-state index contributed by atoms with van der Waals surface area (Å²) in [4.78, 5) is 26.1. The van der Waals surface area contributed by atoms with E-state index in [0.717, 1.165) is 64.2 Å². The Kier molecular flexibility index (Phi) is 48.2. The molecule has 0 saturated heterocycles. The van der Waals surface area contributed by atoms with Gasteiger partial charge in [0.2, 0.25) is 5.91 Å². The summed E-state index contributed by atoms with van der Waals surface area (Å²) in [5, 5.41) is 23.7. The summed E-state index contributed by atoms with van der Waals surface area (Å²) >= 11 is 0. The van der Waals surface area contributed by atoms with Crippen LogP contribution in [0.2, 0.25) is 0 Å². The monoisotopic (exact) mass is 890 g/mol. The Morgan fingerprint density at radius 2 is 0.875 bits per heavy atom. The van der Waals surface area contributed by atoms with Gasteiger partial charge in [-0.15, -0.1) is 0 Å². The lowest BCUT2D eigenvalue weighted by molar-refractivity contribution is -0.148. The van der Waals surface area contributed by atoms with Crippen LogP contribution >= 0.6 is 0 Å². The molecule has 0 bridgehead atoms. The summed E-state index contributed by atoms with van der Waals surface area (Å²) < 4.78 is 5.78. The first-order valence-electron chi connectivity index (χ1n) is 26.5. The van der Waals surface area contributed by atoms with Crippen LogP contribution in [0.3, 0.4) is 0 Å². The quantitative estimate of drug-likeness (QED) is 0.0321. The molecule has 0 aromatic heterocycles. The molecule has 0 aromatic carbocycles. The molecule has 64 heavy (non-hydrogen) atoms. The predicted molar refractivity (Wildman–Crippen MR) is 277 cm³/mol. The molecule has 0 aliphatic carbocycles. The van der Waals surface area contributed by atoms with Crippen molar-refractivity contribution >= 4 is 11.9 Å². The Hall–Kier alpha value is -3.22. The average Bonchev–Trinajstić information content (AvgIpc) is 3.29. The molecule has 0 rings (SSSR count). The Morgan fingerprint density at radius 3 is 1.33 bits per heavy atom. The van der Waals surface area contributed by atoms with Crippen LogP contribution in [-0.2, 0) is 14.3 Å². The zero-order valence-corrected chi connectivity index (χ0v) is 41.6. The Morgan fingerprint density at radius 1 is 0.484 bits per heavy atom. The van der Waals surface area contributed by atoms with E-state index in [9.17, 15) is 19.8 Å². The van der Waals surface area contributed by atoms with Gasteiger partial charge >= 0.3 is 5.97 Å². The second-order valence-corrected chi connectivity index (χ2v) is 17.5. The molecular formula is C58H99NO5. The molecule has 3 atom stereocenters. The Labute approximate surface area is 395 Å². The zero-order chi connectivity index (χ0) is 46.7. The van der Waals surface area contributed by atoms with Gasteiger partial charge in [-0.2, -0.15) is 0 Å². The van der Waals surface area contributed by atoms with Crippen molar-refractivity contribution in [2.45, 2.75) is 251 Å². The van der Waals surface area contributed by atoms with Crippen LogP contribution in [0, 0.1) is 0 Å². The lowest BCUT2D eigenvalue weighted by Gasteiger charge is -2.23. The summed E-state index contributed by atoms with van der Waals surface area (Å²) in [6, 6.07) is -0.759. The number of nitrogens with one attached hydrogen (secondary N) is 1. The maximum Gasteiger partial charge on any atom is 0.306 e. The largest absolute Gasteiger partial charge is 0.458 e. The van der Waals surface area contributed by atoms with Crippen molar-refractivity contribution in [1.29, 1.82) is 0 Å². The van der Waals surface area contributed by atoms with Gasteiger partial charge < -0.3 is 20.3 Å². The normalized spacial score (nSPS) is 14.0. The number of hydrogen-bond donors (Lipinski definition) is 3. The SMILES string of the molecule is CC/C=C\C/C=C\C/C=C\C/C=C\C/C=C\C/C=C\C(CC(=O)NC(CO)C(O)CCCCCCCCCCCCCCCCC)OC(=O)CC/C=C/C/C=C\CCCCCCCC. The molecule has 0 fully saturated rings. The molecule has 0 aliphatic heterocycles. The third-order valence-electron chi connectivity index (χ3n) is 11.4. The molecule has 0 spiro atoms. The van der Waals surface area contributed by atoms with Gasteiger partial charge in [0.1, 0.15) is 6.10 Å². The second kappa shape index (κ2) is 50.8. The standard InChI is InChI=1S/C58H99NO5/c1-4-7-10-13-16-19-22-25-27-28-30-32-34-37-40-43-46-49-54(64-58(63)51-48-45-42-39-36-31-24-21-18-15-12-9-6-3)52-57(62)59-55(53-60)56(61)50-47-44-41-38-35-33-29-26-23-20-17-14-11-8-5-2/h7,10,16,19,25,27,30-32,36-37,40,42,45-46,49,54-56,60-61H,4-6,8-9,11-15,17-18,20-24,26,28-29,33-35,38-39,41,43-44,47-48,50-53H2,1-3H3,(H,59,62)/b10-7-,19-16-,27-25-,32-30-,36-31-,40-37-,45-42+,49-46-. The summed E-state index contributed by atoms with van der Waals surface area (Å²) in [5.41, 5.74) is 0. The zero-order valence-electron chi connectivity index (χ0n) is 41.6. The van der Waals surface area contributed by atoms with E-state index in [0.29, 0.717) is 19.3 Å². The van der Waals surface area contributed by atoms with Crippen LogP contribution in [0.15, 0.2) is 97.2 Å². The van der Waals surface area contributed by atoms with E-state index in [2.05, 4.69) is 105 Å². The smallest absolute Gasteiger partial charge is 0.306 e. The van der Waals surface area contributed by atoms with Crippen molar-refractivity contribution in [3.05, 3.63) is 97.2 Å². The molecule has 3 unspecified atom stereocenters. The van der Waals surface area contributed by atoms with Gasteiger partial charge in [-0.05, 0) is 76.7 Å². The van der Waals surface area contributed by atoms with Crippen LogP contribution in [0.25, 0.3) is 0 Å².